The fourth-order valence-electron chi connectivity index (χ4n) is 2.97. The lowest BCUT2D eigenvalue weighted by Gasteiger charge is -2.31. The van der Waals surface area contributed by atoms with Gasteiger partial charge in [0, 0.05) is 32.3 Å². The van der Waals surface area contributed by atoms with Crippen LogP contribution < -0.4 is 5.32 Å². The molecule has 1 aromatic rings. The number of aryl methyl sites for hydroxylation is 1. The second-order valence-corrected chi connectivity index (χ2v) is 6.75. The third kappa shape index (κ3) is 3.45. The molecule has 0 unspecified atom stereocenters. The van der Waals surface area contributed by atoms with E-state index in [-0.39, 0.29) is 17.4 Å². The van der Waals surface area contributed by atoms with E-state index in [4.69, 9.17) is 10.00 Å². The minimum Gasteiger partial charge on any atom is -0.377 e. The Morgan fingerprint density at radius 3 is 2.86 bits per heavy atom. The Morgan fingerprint density at radius 1 is 1.57 bits per heavy atom. The average molecular weight is 289 g/mol. The summed E-state index contributed by atoms with van der Waals surface area (Å²) in [5, 5.41) is 11.8. The minimum absolute atomic E-state index is 0.0743. The predicted octanol–water partition coefficient (Wildman–Crippen LogP) is 2.08. The van der Waals surface area contributed by atoms with Gasteiger partial charge in [0.25, 0.3) is 5.91 Å². The third-order valence-corrected chi connectivity index (χ3v) is 3.96. The van der Waals surface area contributed by atoms with Crippen molar-refractivity contribution in [3.63, 3.8) is 0 Å². The summed E-state index contributed by atoms with van der Waals surface area (Å²) < 4.78 is 7.49. The Hall–Kier alpha value is -1.80. The van der Waals surface area contributed by atoms with Gasteiger partial charge in [-0.1, -0.05) is 20.8 Å². The highest BCUT2D eigenvalue weighted by atomic mass is 16.5. The van der Waals surface area contributed by atoms with E-state index in [9.17, 15) is 4.79 Å². The number of nitrogens with one attached hydrogen (secondary N) is 1. The molecule has 0 aromatic carbocycles. The van der Waals surface area contributed by atoms with E-state index in [1.165, 1.54) is 0 Å². The van der Waals surface area contributed by atoms with Crippen LogP contribution in [0.25, 0.3) is 0 Å². The highest BCUT2D eigenvalue weighted by Crippen LogP contribution is 2.34. The molecule has 1 saturated heterocycles. The van der Waals surface area contributed by atoms with Crippen LogP contribution in [-0.2, 0) is 11.8 Å². The summed E-state index contributed by atoms with van der Waals surface area (Å²) in [6.07, 6.45) is 2.80. The van der Waals surface area contributed by atoms with Crippen LogP contribution in [0.3, 0.4) is 0 Å². The maximum absolute atomic E-state index is 12.2. The van der Waals surface area contributed by atoms with Crippen molar-refractivity contribution in [2.45, 2.75) is 33.3 Å². The van der Waals surface area contributed by atoms with Crippen LogP contribution in [0.4, 0.5) is 0 Å². The van der Waals surface area contributed by atoms with Gasteiger partial charge < -0.3 is 14.6 Å². The van der Waals surface area contributed by atoms with Gasteiger partial charge in [0.15, 0.2) is 0 Å². The average Bonchev–Trinajstić information content (AvgIpc) is 3.01. The lowest BCUT2D eigenvalue weighted by atomic mass is 9.81. The van der Waals surface area contributed by atoms with Crippen molar-refractivity contribution in [1.29, 1.82) is 5.26 Å². The van der Waals surface area contributed by atoms with E-state index >= 15 is 0 Å². The summed E-state index contributed by atoms with van der Waals surface area (Å²) in [5.74, 6) is 0.197. The standard InChI is InChI=1S/C16H23N3O2/c1-16(2,3)14-12(5-6-21-14)9-18-15(20)13-7-11(8-17)10-19(13)4/h7,10,12,14H,5-6,9H2,1-4H3,(H,18,20)/t12-,14+/m1/s1. The summed E-state index contributed by atoms with van der Waals surface area (Å²) in [4.78, 5) is 12.2. The molecule has 0 bridgehead atoms. The van der Waals surface area contributed by atoms with Crippen molar-refractivity contribution >= 4 is 5.91 Å². The highest BCUT2D eigenvalue weighted by molar-refractivity contribution is 5.93. The van der Waals surface area contributed by atoms with Crippen LogP contribution in [0.1, 0.15) is 43.2 Å². The van der Waals surface area contributed by atoms with Crippen LogP contribution in [-0.4, -0.2) is 29.7 Å². The first-order valence-electron chi connectivity index (χ1n) is 7.29. The molecule has 1 fully saturated rings. The molecule has 2 rings (SSSR count). The molecule has 1 aliphatic heterocycles. The fourth-order valence-corrected chi connectivity index (χ4v) is 2.97. The van der Waals surface area contributed by atoms with Gasteiger partial charge in [0.1, 0.15) is 11.8 Å². The summed E-state index contributed by atoms with van der Waals surface area (Å²) >= 11 is 0. The topological polar surface area (TPSA) is 67.0 Å². The van der Waals surface area contributed by atoms with E-state index < -0.39 is 0 Å². The van der Waals surface area contributed by atoms with E-state index in [1.54, 1.807) is 23.9 Å². The molecule has 5 heteroatoms. The number of rotatable bonds is 3. The number of amides is 1. The molecule has 0 radical (unpaired) electrons. The van der Waals surface area contributed by atoms with Crippen molar-refractivity contribution in [3.05, 3.63) is 23.5 Å². The van der Waals surface area contributed by atoms with E-state index in [2.05, 4.69) is 26.1 Å². The zero-order valence-corrected chi connectivity index (χ0v) is 13.1. The van der Waals surface area contributed by atoms with Crippen molar-refractivity contribution in [1.82, 2.24) is 9.88 Å². The predicted molar refractivity (Wildman–Crippen MR) is 79.8 cm³/mol. The first kappa shape index (κ1) is 15.6. The molecule has 2 atom stereocenters. The van der Waals surface area contributed by atoms with Crippen molar-refractivity contribution < 1.29 is 9.53 Å². The molecule has 0 aliphatic carbocycles. The molecule has 21 heavy (non-hydrogen) atoms. The minimum atomic E-state index is -0.140. The van der Waals surface area contributed by atoms with Crippen LogP contribution >= 0.6 is 0 Å². The molecule has 114 valence electrons. The SMILES string of the molecule is Cn1cc(C#N)cc1C(=O)NC[C@H]1CCO[C@@H]1C(C)(C)C. The molecule has 1 N–H and O–H groups in total. The van der Waals surface area contributed by atoms with Crippen molar-refractivity contribution in [2.75, 3.05) is 13.2 Å². The molecule has 1 aliphatic rings. The van der Waals surface area contributed by atoms with Crippen LogP contribution in [0.15, 0.2) is 12.3 Å². The fraction of sp³-hybridized carbons (Fsp3) is 0.625. The van der Waals surface area contributed by atoms with Crippen LogP contribution in [0, 0.1) is 22.7 Å². The molecule has 0 saturated carbocycles. The Kier molecular flexibility index (Phi) is 4.38. The second-order valence-electron chi connectivity index (χ2n) is 6.75. The second kappa shape index (κ2) is 5.90. The van der Waals surface area contributed by atoms with Gasteiger partial charge >= 0.3 is 0 Å². The number of ether oxygens (including phenoxy) is 1. The van der Waals surface area contributed by atoms with E-state index in [0.717, 1.165) is 13.0 Å². The number of hydrogen-bond donors (Lipinski definition) is 1. The van der Waals surface area contributed by atoms with E-state index in [1.807, 2.05) is 6.07 Å². The molecular formula is C16H23N3O2. The number of carbonyl (C=O) groups is 1. The van der Waals surface area contributed by atoms with Crippen molar-refractivity contribution in [2.24, 2.45) is 18.4 Å². The Morgan fingerprint density at radius 2 is 2.29 bits per heavy atom. The van der Waals surface area contributed by atoms with E-state index in [0.29, 0.717) is 23.7 Å². The molecule has 2 heterocycles. The maximum Gasteiger partial charge on any atom is 0.267 e. The molecule has 1 amide bonds. The largest absolute Gasteiger partial charge is 0.377 e. The lowest BCUT2D eigenvalue weighted by molar-refractivity contribution is 0.00735. The number of nitriles is 1. The summed E-state index contributed by atoms with van der Waals surface area (Å²) in [6, 6.07) is 3.66. The quantitative estimate of drug-likeness (QED) is 0.926. The molecule has 1 aromatic heterocycles. The summed E-state index contributed by atoms with van der Waals surface area (Å²) in [5.41, 5.74) is 1.09. The lowest BCUT2D eigenvalue weighted by Crippen LogP contribution is -2.39. The zero-order chi connectivity index (χ0) is 15.6. The number of nitrogens with zero attached hydrogens (tertiary/aromatic N) is 2. The number of carbonyl (C=O) groups excluding carboxylic acids is 1. The van der Waals surface area contributed by atoms with Crippen LogP contribution in [0.5, 0.6) is 0 Å². The Labute approximate surface area is 125 Å². The smallest absolute Gasteiger partial charge is 0.267 e. The van der Waals surface area contributed by atoms with Crippen LogP contribution in [0.2, 0.25) is 0 Å². The normalized spacial score (nSPS) is 22.0. The van der Waals surface area contributed by atoms with Gasteiger partial charge in [-0.3, -0.25) is 4.79 Å². The Balaban J connectivity index is 1.98. The highest BCUT2D eigenvalue weighted by Gasteiger charge is 2.37. The first-order chi connectivity index (χ1) is 9.82. The van der Waals surface area contributed by atoms with Gasteiger partial charge in [0.2, 0.25) is 0 Å². The van der Waals surface area contributed by atoms with Gasteiger partial charge in [-0.05, 0) is 17.9 Å². The van der Waals surface area contributed by atoms with Gasteiger partial charge in [-0.25, -0.2) is 0 Å². The molecular weight excluding hydrogens is 266 g/mol. The van der Waals surface area contributed by atoms with Gasteiger partial charge in [-0.2, -0.15) is 5.26 Å². The summed E-state index contributed by atoms with van der Waals surface area (Å²) in [6.45, 7) is 7.84. The molecule has 0 spiro atoms. The van der Waals surface area contributed by atoms with Gasteiger partial charge in [0.05, 0.1) is 11.7 Å². The first-order valence-corrected chi connectivity index (χ1v) is 7.29. The Bertz CT molecular complexity index is 563. The van der Waals surface area contributed by atoms with Gasteiger partial charge in [-0.15, -0.1) is 0 Å². The maximum atomic E-state index is 12.2. The number of aromatic nitrogens is 1. The third-order valence-electron chi connectivity index (χ3n) is 3.96. The summed E-state index contributed by atoms with van der Waals surface area (Å²) in [7, 11) is 1.77. The molecule has 5 nitrogen and oxygen atoms in total. The number of hydrogen-bond acceptors (Lipinski definition) is 3. The monoisotopic (exact) mass is 289 g/mol. The zero-order valence-electron chi connectivity index (χ0n) is 13.1. The van der Waals surface area contributed by atoms with Crippen molar-refractivity contribution in [3.8, 4) is 6.07 Å².